The summed E-state index contributed by atoms with van der Waals surface area (Å²) >= 11 is 5.76. The zero-order valence-electron chi connectivity index (χ0n) is 10.4. The van der Waals surface area contributed by atoms with E-state index in [1.165, 1.54) is 12.6 Å². The molecule has 1 aromatic heterocycles. The third kappa shape index (κ3) is 5.31. The topological polar surface area (TPSA) is 37.8 Å². The summed E-state index contributed by atoms with van der Waals surface area (Å²) in [5.41, 5.74) is 0.371. The molecule has 0 spiro atoms. The van der Waals surface area contributed by atoms with Gasteiger partial charge in [-0.3, -0.25) is 4.98 Å². The fraction of sp³-hybridized carbons (Fsp3) is 0.667. The summed E-state index contributed by atoms with van der Waals surface area (Å²) in [4.78, 5) is 8.14. The number of halogens is 1. The molecule has 0 amide bonds. The quantitative estimate of drug-likeness (QED) is 0.872. The third-order valence-electron chi connectivity index (χ3n) is 2.33. The number of aromatic nitrogens is 2. The van der Waals surface area contributed by atoms with Crippen molar-refractivity contribution in [2.45, 2.75) is 46.6 Å². The van der Waals surface area contributed by atoms with Crippen molar-refractivity contribution < 1.29 is 0 Å². The predicted octanol–water partition coefficient (Wildman–Crippen LogP) is 3.76. The Morgan fingerprint density at radius 1 is 1.38 bits per heavy atom. The van der Waals surface area contributed by atoms with Crippen molar-refractivity contribution in [3.8, 4) is 0 Å². The van der Waals surface area contributed by atoms with Crippen LogP contribution in [0.2, 0.25) is 5.15 Å². The lowest BCUT2D eigenvalue weighted by Gasteiger charge is -2.21. The number of rotatable bonds is 4. The second-order valence-corrected chi connectivity index (χ2v) is 5.76. The molecule has 0 aromatic carbocycles. The zero-order chi connectivity index (χ0) is 12.2. The zero-order valence-corrected chi connectivity index (χ0v) is 11.2. The number of hydrogen-bond acceptors (Lipinski definition) is 3. The molecule has 3 nitrogen and oxygen atoms in total. The van der Waals surface area contributed by atoms with Crippen LogP contribution in [0.4, 0.5) is 5.82 Å². The average molecular weight is 242 g/mol. The van der Waals surface area contributed by atoms with Crippen LogP contribution in [-0.4, -0.2) is 16.0 Å². The molecule has 90 valence electrons. The van der Waals surface area contributed by atoms with E-state index in [4.69, 9.17) is 11.6 Å². The molecule has 1 rings (SSSR count). The van der Waals surface area contributed by atoms with E-state index in [0.29, 0.717) is 16.6 Å². The van der Waals surface area contributed by atoms with Crippen LogP contribution in [-0.2, 0) is 0 Å². The fourth-order valence-corrected chi connectivity index (χ4v) is 1.53. The molecule has 0 aliphatic carbocycles. The second kappa shape index (κ2) is 5.48. The van der Waals surface area contributed by atoms with Crippen molar-refractivity contribution in [2.24, 2.45) is 5.41 Å². The van der Waals surface area contributed by atoms with Crippen LogP contribution in [0.15, 0.2) is 12.4 Å². The van der Waals surface area contributed by atoms with Gasteiger partial charge in [-0.2, -0.15) is 0 Å². The van der Waals surface area contributed by atoms with Crippen LogP contribution in [0.1, 0.15) is 40.5 Å². The summed E-state index contributed by atoms with van der Waals surface area (Å²) in [6, 6.07) is 0.381. The van der Waals surface area contributed by atoms with Crippen molar-refractivity contribution in [3.05, 3.63) is 17.5 Å². The molecule has 1 atom stereocenters. The molecule has 1 aromatic rings. The standard InChI is InChI=1S/C12H20ClN3/c1-9(5-6-12(2,3)4)15-11-8-14-7-10(13)16-11/h7-9H,5-6H2,1-4H3,(H,15,16). The highest BCUT2D eigenvalue weighted by atomic mass is 35.5. The molecule has 0 saturated carbocycles. The van der Waals surface area contributed by atoms with E-state index >= 15 is 0 Å². The monoisotopic (exact) mass is 241 g/mol. The third-order valence-corrected chi connectivity index (χ3v) is 2.51. The van der Waals surface area contributed by atoms with Gasteiger partial charge in [0.15, 0.2) is 0 Å². The van der Waals surface area contributed by atoms with Gasteiger partial charge >= 0.3 is 0 Å². The second-order valence-electron chi connectivity index (χ2n) is 5.37. The highest BCUT2D eigenvalue weighted by molar-refractivity contribution is 6.29. The first-order valence-corrected chi connectivity index (χ1v) is 5.99. The van der Waals surface area contributed by atoms with Crippen molar-refractivity contribution in [1.29, 1.82) is 0 Å². The summed E-state index contributed by atoms with van der Waals surface area (Å²) in [6.07, 6.45) is 5.51. The summed E-state index contributed by atoms with van der Waals surface area (Å²) in [6.45, 7) is 8.89. The minimum atomic E-state index is 0.371. The first kappa shape index (κ1) is 13.2. The highest BCUT2D eigenvalue weighted by Gasteiger charge is 2.12. The number of anilines is 1. The largest absolute Gasteiger partial charge is 0.366 e. The Hall–Kier alpha value is -0.830. The van der Waals surface area contributed by atoms with Gasteiger partial charge in [-0.1, -0.05) is 32.4 Å². The molecule has 0 radical (unpaired) electrons. The summed E-state index contributed by atoms with van der Waals surface area (Å²) in [5.74, 6) is 0.744. The smallest absolute Gasteiger partial charge is 0.149 e. The molecule has 1 N–H and O–H groups in total. The van der Waals surface area contributed by atoms with Gasteiger partial charge in [0.1, 0.15) is 11.0 Å². The molecule has 0 bridgehead atoms. The van der Waals surface area contributed by atoms with E-state index in [0.717, 1.165) is 12.2 Å². The molecule has 4 heteroatoms. The SMILES string of the molecule is CC(CCC(C)(C)C)Nc1cncc(Cl)n1. The van der Waals surface area contributed by atoms with Gasteiger partial charge in [0.2, 0.25) is 0 Å². The Morgan fingerprint density at radius 2 is 2.06 bits per heavy atom. The van der Waals surface area contributed by atoms with Gasteiger partial charge < -0.3 is 5.32 Å². The normalized spacial score (nSPS) is 13.6. The maximum Gasteiger partial charge on any atom is 0.149 e. The van der Waals surface area contributed by atoms with E-state index in [-0.39, 0.29) is 0 Å². The molecule has 0 saturated heterocycles. The van der Waals surface area contributed by atoms with Crippen LogP contribution >= 0.6 is 11.6 Å². The van der Waals surface area contributed by atoms with Gasteiger partial charge in [-0.25, -0.2) is 4.98 Å². The molecular weight excluding hydrogens is 222 g/mol. The number of hydrogen-bond donors (Lipinski definition) is 1. The molecule has 0 fully saturated rings. The van der Waals surface area contributed by atoms with Crippen molar-refractivity contribution >= 4 is 17.4 Å². The van der Waals surface area contributed by atoms with Gasteiger partial charge in [0, 0.05) is 6.04 Å². The van der Waals surface area contributed by atoms with Gasteiger partial charge in [0.25, 0.3) is 0 Å². The Kier molecular flexibility index (Phi) is 4.54. The van der Waals surface area contributed by atoms with E-state index in [2.05, 4.69) is 43.0 Å². The minimum absolute atomic E-state index is 0.371. The highest BCUT2D eigenvalue weighted by Crippen LogP contribution is 2.22. The van der Waals surface area contributed by atoms with E-state index in [1.807, 2.05) is 0 Å². The van der Waals surface area contributed by atoms with Gasteiger partial charge in [-0.05, 0) is 25.2 Å². The average Bonchev–Trinajstić information content (AvgIpc) is 2.14. The van der Waals surface area contributed by atoms with E-state index in [9.17, 15) is 0 Å². The first-order chi connectivity index (χ1) is 7.37. The predicted molar refractivity (Wildman–Crippen MR) is 68.8 cm³/mol. The Morgan fingerprint density at radius 3 is 2.62 bits per heavy atom. The minimum Gasteiger partial charge on any atom is -0.366 e. The molecule has 0 aliphatic rings. The Bertz CT molecular complexity index is 333. The summed E-state index contributed by atoms with van der Waals surface area (Å²) < 4.78 is 0. The van der Waals surface area contributed by atoms with Crippen LogP contribution in [0, 0.1) is 5.41 Å². The number of nitrogens with zero attached hydrogens (tertiary/aromatic N) is 2. The maximum atomic E-state index is 5.76. The summed E-state index contributed by atoms with van der Waals surface area (Å²) in [5, 5.41) is 3.72. The molecule has 1 unspecified atom stereocenters. The van der Waals surface area contributed by atoms with Crippen LogP contribution < -0.4 is 5.32 Å². The Labute approximate surface area is 103 Å². The number of nitrogens with one attached hydrogen (secondary N) is 1. The van der Waals surface area contributed by atoms with Gasteiger partial charge in [0.05, 0.1) is 12.4 Å². The lowest BCUT2D eigenvalue weighted by Crippen LogP contribution is -2.19. The molecule has 16 heavy (non-hydrogen) atoms. The molecular formula is C12H20ClN3. The lowest BCUT2D eigenvalue weighted by molar-refractivity contribution is 0.356. The maximum absolute atomic E-state index is 5.76. The molecule has 0 aliphatic heterocycles. The molecule has 1 heterocycles. The van der Waals surface area contributed by atoms with E-state index < -0.39 is 0 Å². The van der Waals surface area contributed by atoms with Crippen LogP contribution in [0.5, 0.6) is 0 Å². The van der Waals surface area contributed by atoms with Gasteiger partial charge in [-0.15, -0.1) is 0 Å². The first-order valence-electron chi connectivity index (χ1n) is 5.61. The lowest BCUT2D eigenvalue weighted by atomic mass is 9.89. The fourth-order valence-electron chi connectivity index (χ4n) is 1.39. The van der Waals surface area contributed by atoms with E-state index in [1.54, 1.807) is 6.20 Å². The van der Waals surface area contributed by atoms with Crippen LogP contribution in [0.25, 0.3) is 0 Å². The summed E-state index contributed by atoms with van der Waals surface area (Å²) in [7, 11) is 0. The van der Waals surface area contributed by atoms with Crippen molar-refractivity contribution in [3.63, 3.8) is 0 Å². The van der Waals surface area contributed by atoms with Crippen molar-refractivity contribution in [1.82, 2.24) is 9.97 Å². The van der Waals surface area contributed by atoms with Crippen molar-refractivity contribution in [2.75, 3.05) is 5.32 Å². The Balaban J connectivity index is 2.43. The van der Waals surface area contributed by atoms with Crippen LogP contribution in [0.3, 0.4) is 0 Å².